The summed E-state index contributed by atoms with van der Waals surface area (Å²) in [4.78, 5) is 13.8. The lowest BCUT2D eigenvalue weighted by molar-refractivity contribution is -0.114. The van der Waals surface area contributed by atoms with Gasteiger partial charge in [0.1, 0.15) is 5.82 Å². The number of nitrogens with zero attached hydrogens (tertiary/aromatic N) is 1. The van der Waals surface area contributed by atoms with Crippen LogP contribution in [0.3, 0.4) is 0 Å². The molecule has 2 aromatic carbocycles. The van der Waals surface area contributed by atoms with Crippen LogP contribution >= 0.6 is 0 Å². The molecule has 0 atom stereocenters. The Bertz CT molecular complexity index is 611. The molecular formula is C16H18FN3O. The predicted molar refractivity (Wildman–Crippen MR) is 84.3 cm³/mol. The van der Waals surface area contributed by atoms with Gasteiger partial charge in [0, 0.05) is 31.2 Å². The second-order valence-electron chi connectivity index (χ2n) is 4.85. The van der Waals surface area contributed by atoms with Gasteiger partial charge in [0.2, 0.25) is 5.91 Å². The number of hydrogen-bond donors (Lipinski definition) is 2. The molecule has 0 bridgehead atoms. The maximum Gasteiger partial charge on any atom is 0.243 e. The van der Waals surface area contributed by atoms with Gasteiger partial charge >= 0.3 is 0 Å². The van der Waals surface area contributed by atoms with E-state index in [9.17, 15) is 9.18 Å². The zero-order chi connectivity index (χ0) is 15.2. The van der Waals surface area contributed by atoms with Crippen LogP contribution in [0.15, 0.2) is 48.5 Å². The molecule has 2 aromatic rings. The molecular weight excluding hydrogens is 269 g/mol. The first-order valence-corrected chi connectivity index (χ1v) is 6.61. The van der Waals surface area contributed by atoms with Crippen LogP contribution in [-0.2, 0) is 4.79 Å². The van der Waals surface area contributed by atoms with Crippen LogP contribution in [0, 0.1) is 5.82 Å². The Hall–Kier alpha value is -2.56. The largest absolute Gasteiger partial charge is 0.378 e. The van der Waals surface area contributed by atoms with Crippen molar-refractivity contribution in [2.45, 2.75) is 0 Å². The van der Waals surface area contributed by atoms with Gasteiger partial charge in [-0.05, 0) is 42.5 Å². The maximum atomic E-state index is 12.8. The number of hydrogen-bond acceptors (Lipinski definition) is 3. The molecule has 0 aliphatic heterocycles. The van der Waals surface area contributed by atoms with Crippen LogP contribution in [0.1, 0.15) is 0 Å². The molecule has 0 fully saturated rings. The summed E-state index contributed by atoms with van der Waals surface area (Å²) < 4.78 is 12.8. The molecule has 0 spiro atoms. The Labute approximate surface area is 123 Å². The number of anilines is 3. The number of rotatable bonds is 5. The quantitative estimate of drug-likeness (QED) is 0.888. The third kappa shape index (κ3) is 4.49. The Morgan fingerprint density at radius 3 is 2.48 bits per heavy atom. The monoisotopic (exact) mass is 287 g/mol. The van der Waals surface area contributed by atoms with Crippen molar-refractivity contribution in [1.29, 1.82) is 0 Å². The number of carbonyl (C=O) groups excluding carboxylic acids is 1. The molecule has 0 heterocycles. The first-order valence-electron chi connectivity index (χ1n) is 6.61. The fourth-order valence-electron chi connectivity index (χ4n) is 1.81. The van der Waals surface area contributed by atoms with Gasteiger partial charge in [-0.2, -0.15) is 0 Å². The zero-order valence-electron chi connectivity index (χ0n) is 12.1. The third-order valence-corrected chi connectivity index (χ3v) is 2.94. The van der Waals surface area contributed by atoms with E-state index in [4.69, 9.17) is 0 Å². The molecule has 4 nitrogen and oxygen atoms in total. The molecule has 2 rings (SSSR count). The predicted octanol–water partition coefficient (Wildman–Crippen LogP) is 2.94. The van der Waals surface area contributed by atoms with Crippen molar-refractivity contribution in [1.82, 2.24) is 0 Å². The van der Waals surface area contributed by atoms with Gasteiger partial charge in [-0.25, -0.2) is 4.39 Å². The Balaban J connectivity index is 1.89. The molecule has 110 valence electrons. The van der Waals surface area contributed by atoms with Crippen LogP contribution in [0.5, 0.6) is 0 Å². The van der Waals surface area contributed by atoms with E-state index in [0.717, 1.165) is 11.4 Å². The van der Waals surface area contributed by atoms with Gasteiger partial charge in [-0.15, -0.1) is 0 Å². The van der Waals surface area contributed by atoms with Crippen molar-refractivity contribution in [2.75, 3.05) is 36.2 Å². The summed E-state index contributed by atoms with van der Waals surface area (Å²) in [5.41, 5.74) is 2.50. The molecule has 0 aliphatic carbocycles. The summed E-state index contributed by atoms with van der Waals surface area (Å²) in [6.45, 7) is 0.147. The van der Waals surface area contributed by atoms with Crippen molar-refractivity contribution in [3.05, 3.63) is 54.3 Å². The van der Waals surface area contributed by atoms with E-state index in [1.165, 1.54) is 24.3 Å². The van der Waals surface area contributed by atoms with E-state index >= 15 is 0 Å². The van der Waals surface area contributed by atoms with Gasteiger partial charge in [0.15, 0.2) is 0 Å². The second kappa shape index (κ2) is 6.74. The van der Waals surface area contributed by atoms with Gasteiger partial charge < -0.3 is 15.5 Å². The lowest BCUT2D eigenvalue weighted by Gasteiger charge is -2.14. The van der Waals surface area contributed by atoms with E-state index < -0.39 is 0 Å². The average Bonchev–Trinajstić information content (AvgIpc) is 2.48. The van der Waals surface area contributed by atoms with Crippen LogP contribution < -0.4 is 15.5 Å². The molecule has 0 aromatic heterocycles. The lowest BCUT2D eigenvalue weighted by atomic mass is 10.2. The first-order chi connectivity index (χ1) is 10.0. The van der Waals surface area contributed by atoms with Crippen molar-refractivity contribution in [3.8, 4) is 0 Å². The van der Waals surface area contributed by atoms with Gasteiger partial charge in [-0.3, -0.25) is 4.79 Å². The van der Waals surface area contributed by atoms with E-state index in [2.05, 4.69) is 10.6 Å². The Morgan fingerprint density at radius 2 is 1.81 bits per heavy atom. The number of benzene rings is 2. The smallest absolute Gasteiger partial charge is 0.243 e. The highest BCUT2D eigenvalue weighted by Crippen LogP contribution is 2.17. The van der Waals surface area contributed by atoms with Gasteiger partial charge in [0.25, 0.3) is 0 Å². The van der Waals surface area contributed by atoms with Crippen molar-refractivity contribution in [2.24, 2.45) is 0 Å². The molecule has 21 heavy (non-hydrogen) atoms. The van der Waals surface area contributed by atoms with Crippen LogP contribution in [-0.4, -0.2) is 26.5 Å². The molecule has 0 saturated carbocycles. The SMILES string of the molecule is CN(C)c1cccc(NCC(=O)Nc2ccc(F)cc2)c1. The normalized spacial score (nSPS) is 10.0. The molecule has 0 saturated heterocycles. The molecule has 0 radical (unpaired) electrons. The summed E-state index contributed by atoms with van der Waals surface area (Å²) >= 11 is 0. The van der Waals surface area contributed by atoms with Crippen molar-refractivity contribution >= 4 is 23.0 Å². The summed E-state index contributed by atoms with van der Waals surface area (Å²) in [5.74, 6) is -0.511. The maximum absolute atomic E-state index is 12.8. The lowest BCUT2D eigenvalue weighted by Crippen LogP contribution is -2.21. The fourth-order valence-corrected chi connectivity index (χ4v) is 1.81. The van der Waals surface area contributed by atoms with E-state index in [1.54, 1.807) is 0 Å². The number of amides is 1. The van der Waals surface area contributed by atoms with Gasteiger partial charge in [-0.1, -0.05) is 6.07 Å². The minimum Gasteiger partial charge on any atom is -0.378 e. The first kappa shape index (κ1) is 14.8. The standard InChI is InChI=1S/C16H18FN3O/c1-20(2)15-5-3-4-14(10-15)18-11-16(21)19-13-8-6-12(17)7-9-13/h3-10,18H,11H2,1-2H3,(H,19,21). The molecule has 2 N–H and O–H groups in total. The molecule has 0 aliphatic rings. The minimum absolute atomic E-state index is 0.147. The second-order valence-corrected chi connectivity index (χ2v) is 4.85. The highest BCUT2D eigenvalue weighted by Gasteiger charge is 2.03. The summed E-state index contributed by atoms with van der Waals surface area (Å²) in [6, 6.07) is 13.5. The van der Waals surface area contributed by atoms with Crippen LogP contribution in [0.2, 0.25) is 0 Å². The molecule has 5 heteroatoms. The van der Waals surface area contributed by atoms with Crippen LogP contribution in [0.25, 0.3) is 0 Å². The minimum atomic E-state index is -0.327. The number of halogens is 1. The summed E-state index contributed by atoms with van der Waals surface area (Å²) in [5, 5.41) is 5.76. The highest BCUT2D eigenvalue weighted by atomic mass is 19.1. The number of carbonyl (C=O) groups is 1. The van der Waals surface area contributed by atoms with E-state index in [0.29, 0.717) is 5.69 Å². The Morgan fingerprint density at radius 1 is 1.10 bits per heavy atom. The average molecular weight is 287 g/mol. The summed E-state index contributed by atoms with van der Waals surface area (Å²) in [7, 11) is 3.92. The third-order valence-electron chi connectivity index (χ3n) is 2.94. The fraction of sp³-hybridized carbons (Fsp3) is 0.188. The van der Waals surface area contributed by atoms with Crippen molar-refractivity contribution < 1.29 is 9.18 Å². The highest BCUT2D eigenvalue weighted by molar-refractivity contribution is 5.93. The van der Waals surface area contributed by atoms with Gasteiger partial charge in [0.05, 0.1) is 6.54 Å². The Kier molecular flexibility index (Phi) is 4.77. The topological polar surface area (TPSA) is 44.4 Å². The van der Waals surface area contributed by atoms with Crippen LogP contribution in [0.4, 0.5) is 21.5 Å². The number of nitrogens with one attached hydrogen (secondary N) is 2. The van der Waals surface area contributed by atoms with E-state index in [-0.39, 0.29) is 18.3 Å². The molecule has 1 amide bonds. The van der Waals surface area contributed by atoms with Crippen molar-refractivity contribution in [3.63, 3.8) is 0 Å². The molecule has 0 unspecified atom stereocenters. The van der Waals surface area contributed by atoms with E-state index in [1.807, 2.05) is 43.3 Å². The summed E-state index contributed by atoms with van der Waals surface area (Å²) in [6.07, 6.45) is 0. The zero-order valence-corrected chi connectivity index (χ0v) is 12.1.